The second kappa shape index (κ2) is 4.58. The van der Waals surface area contributed by atoms with Gasteiger partial charge in [0.2, 0.25) is 0 Å². The first-order chi connectivity index (χ1) is 6.03. The van der Waals surface area contributed by atoms with E-state index in [9.17, 15) is 0 Å². The first-order valence-corrected chi connectivity index (χ1v) is 8.73. The average Bonchev–Trinajstić information content (AvgIpc) is 2.02. The van der Waals surface area contributed by atoms with Gasteiger partial charge in [-0.15, -0.1) is 0 Å². The van der Waals surface area contributed by atoms with Crippen LogP contribution in [-0.2, 0) is 9.16 Å². The van der Waals surface area contributed by atoms with Crippen LogP contribution in [0.1, 0.15) is 26.2 Å². The van der Waals surface area contributed by atoms with Crippen molar-refractivity contribution in [2.24, 2.45) is 0 Å². The van der Waals surface area contributed by atoms with Crippen LogP contribution in [-0.4, -0.2) is 27.1 Å². The predicted octanol–water partition coefficient (Wildman–Crippen LogP) is 2.80. The highest BCUT2D eigenvalue weighted by molar-refractivity contribution is 6.69. The summed E-state index contributed by atoms with van der Waals surface area (Å²) in [5, 5.41) is 0. The summed E-state index contributed by atoms with van der Waals surface area (Å²) in [4.78, 5) is 0. The molecule has 78 valence electrons. The molecule has 0 aromatic heterocycles. The Kier molecular flexibility index (Phi) is 3.95. The van der Waals surface area contributed by atoms with Crippen LogP contribution < -0.4 is 0 Å². The topological polar surface area (TPSA) is 18.5 Å². The Labute approximate surface area is 82.7 Å². The van der Waals surface area contributed by atoms with Gasteiger partial charge >= 0.3 is 0 Å². The van der Waals surface area contributed by atoms with Crippen LogP contribution >= 0.6 is 0 Å². The van der Waals surface area contributed by atoms with Crippen molar-refractivity contribution in [3.63, 3.8) is 0 Å². The van der Waals surface area contributed by atoms with Gasteiger partial charge in [0.05, 0.1) is 12.2 Å². The minimum Gasteiger partial charge on any atom is -0.412 e. The molecule has 1 rings (SSSR count). The highest BCUT2D eigenvalue weighted by atomic mass is 28.4. The van der Waals surface area contributed by atoms with Crippen molar-refractivity contribution >= 4 is 8.32 Å². The van der Waals surface area contributed by atoms with E-state index in [1.165, 1.54) is 6.42 Å². The van der Waals surface area contributed by atoms with Crippen LogP contribution in [0, 0.1) is 0 Å². The summed E-state index contributed by atoms with van der Waals surface area (Å²) < 4.78 is 11.8. The molecule has 0 bridgehead atoms. The van der Waals surface area contributed by atoms with E-state index in [1.54, 1.807) is 0 Å². The van der Waals surface area contributed by atoms with E-state index in [1.807, 2.05) is 0 Å². The molecular weight excluding hydrogens is 180 g/mol. The maximum atomic E-state index is 6.10. The summed E-state index contributed by atoms with van der Waals surface area (Å²) in [7, 11) is -1.38. The SMILES string of the molecule is CCC1OCCCC1O[Si](C)(C)C. The zero-order chi connectivity index (χ0) is 9.90. The van der Waals surface area contributed by atoms with E-state index in [0.717, 1.165) is 19.4 Å². The first kappa shape index (κ1) is 11.2. The predicted molar refractivity (Wildman–Crippen MR) is 57.5 cm³/mol. The van der Waals surface area contributed by atoms with Gasteiger partial charge in [0.15, 0.2) is 8.32 Å². The van der Waals surface area contributed by atoms with Crippen molar-refractivity contribution in [1.29, 1.82) is 0 Å². The van der Waals surface area contributed by atoms with E-state index in [4.69, 9.17) is 9.16 Å². The quantitative estimate of drug-likeness (QED) is 0.655. The van der Waals surface area contributed by atoms with Crippen molar-refractivity contribution in [3.05, 3.63) is 0 Å². The van der Waals surface area contributed by atoms with Crippen LogP contribution in [0.25, 0.3) is 0 Å². The third-order valence-corrected chi connectivity index (χ3v) is 3.30. The molecular formula is C10H22O2Si. The minimum absolute atomic E-state index is 0.348. The van der Waals surface area contributed by atoms with Gasteiger partial charge in [-0.05, 0) is 38.9 Å². The lowest BCUT2D eigenvalue weighted by molar-refractivity contribution is -0.0666. The van der Waals surface area contributed by atoms with Crippen LogP contribution in [0.2, 0.25) is 19.6 Å². The number of ether oxygens (including phenoxy) is 1. The van der Waals surface area contributed by atoms with E-state index in [2.05, 4.69) is 26.6 Å². The van der Waals surface area contributed by atoms with E-state index >= 15 is 0 Å². The van der Waals surface area contributed by atoms with Gasteiger partial charge in [0, 0.05) is 6.61 Å². The van der Waals surface area contributed by atoms with Gasteiger partial charge in [0.25, 0.3) is 0 Å². The summed E-state index contributed by atoms with van der Waals surface area (Å²) in [6.07, 6.45) is 4.13. The normalized spacial score (nSPS) is 30.5. The lowest BCUT2D eigenvalue weighted by Gasteiger charge is -2.35. The average molecular weight is 202 g/mol. The highest BCUT2D eigenvalue weighted by Gasteiger charge is 2.29. The standard InChI is InChI=1S/C10H22O2Si/c1-5-9-10(7-6-8-11-9)12-13(2,3)4/h9-10H,5-8H2,1-4H3. The molecule has 0 N–H and O–H groups in total. The third kappa shape index (κ3) is 3.79. The molecule has 2 atom stereocenters. The maximum absolute atomic E-state index is 6.10. The Morgan fingerprint density at radius 1 is 1.38 bits per heavy atom. The molecule has 0 aromatic rings. The Morgan fingerprint density at radius 2 is 2.08 bits per heavy atom. The lowest BCUT2D eigenvalue weighted by atomic mass is 10.0. The van der Waals surface area contributed by atoms with Gasteiger partial charge in [-0.3, -0.25) is 0 Å². The number of hydrogen-bond acceptors (Lipinski definition) is 2. The van der Waals surface area contributed by atoms with Crippen molar-refractivity contribution < 1.29 is 9.16 Å². The Bertz CT molecular complexity index is 153. The van der Waals surface area contributed by atoms with Crippen molar-refractivity contribution in [2.75, 3.05) is 6.61 Å². The van der Waals surface area contributed by atoms with Crippen LogP contribution in [0.5, 0.6) is 0 Å². The van der Waals surface area contributed by atoms with Crippen molar-refractivity contribution in [3.8, 4) is 0 Å². The molecule has 0 amide bonds. The molecule has 1 saturated heterocycles. The summed E-state index contributed by atoms with van der Waals surface area (Å²) in [6.45, 7) is 9.83. The van der Waals surface area contributed by atoms with Gasteiger partial charge in [-0.2, -0.15) is 0 Å². The molecule has 0 aliphatic carbocycles. The minimum atomic E-state index is -1.38. The molecule has 1 fully saturated rings. The molecule has 0 spiro atoms. The lowest BCUT2D eigenvalue weighted by Crippen LogP contribution is -2.42. The number of hydrogen-bond donors (Lipinski definition) is 0. The van der Waals surface area contributed by atoms with Crippen LogP contribution in [0.3, 0.4) is 0 Å². The molecule has 3 heteroatoms. The van der Waals surface area contributed by atoms with E-state index < -0.39 is 8.32 Å². The zero-order valence-corrected chi connectivity index (χ0v) is 10.3. The molecule has 0 aromatic carbocycles. The second-order valence-electron chi connectivity index (χ2n) is 4.73. The Morgan fingerprint density at radius 3 is 2.62 bits per heavy atom. The fraction of sp³-hybridized carbons (Fsp3) is 1.00. The molecule has 1 heterocycles. The molecule has 0 saturated carbocycles. The van der Waals surface area contributed by atoms with Gasteiger partial charge in [-0.1, -0.05) is 6.92 Å². The monoisotopic (exact) mass is 202 g/mol. The van der Waals surface area contributed by atoms with Gasteiger partial charge < -0.3 is 9.16 Å². The smallest absolute Gasteiger partial charge is 0.184 e. The largest absolute Gasteiger partial charge is 0.412 e. The summed E-state index contributed by atoms with van der Waals surface area (Å²) in [5.41, 5.74) is 0. The third-order valence-electron chi connectivity index (χ3n) is 2.29. The van der Waals surface area contributed by atoms with Crippen LogP contribution in [0.4, 0.5) is 0 Å². The summed E-state index contributed by atoms with van der Waals surface area (Å²) in [6, 6.07) is 0. The molecule has 1 aliphatic heterocycles. The molecule has 1 aliphatic rings. The Hall–Kier alpha value is 0.137. The van der Waals surface area contributed by atoms with Crippen molar-refractivity contribution in [2.45, 2.75) is 58.0 Å². The Balaban J connectivity index is 2.45. The molecule has 13 heavy (non-hydrogen) atoms. The fourth-order valence-corrected chi connectivity index (χ4v) is 2.96. The zero-order valence-electron chi connectivity index (χ0n) is 9.30. The summed E-state index contributed by atoms with van der Waals surface area (Å²) in [5.74, 6) is 0. The van der Waals surface area contributed by atoms with Crippen molar-refractivity contribution in [1.82, 2.24) is 0 Å². The summed E-state index contributed by atoms with van der Waals surface area (Å²) >= 11 is 0. The molecule has 2 nitrogen and oxygen atoms in total. The number of rotatable bonds is 3. The maximum Gasteiger partial charge on any atom is 0.184 e. The van der Waals surface area contributed by atoms with E-state index in [-0.39, 0.29) is 0 Å². The van der Waals surface area contributed by atoms with Gasteiger partial charge in [-0.25, -0.2) is 0 Å². The van der Waals surface area contributed by atoms with Crippen LogP contribution in [0.15, 0.2) is 0 Å². The van der Waals surface area contributed by atoms with E-state index in [0.29, 0.717) is 12.2 Å². The van der Waals surface area contributed by atoms with Gasteiger partial charge in [0.1, 0.15) is 0 Å². The first-order valence-electron chi connectivity index (χ1n) is 5.32. The molecule has 2 unspecified atom stereocenters. The molecule has 0 radical (unpaired) electrons. The highest BCUT2D eigenvalue weighted by Crippen LogP contribution is 2.22. The second-order valence-corrected chi connectivity index (χ2v) is 9.19. The fourth-order valence-electron chi connectivity index (χ4n) is 1.78.